The molecule has 0 amide bonds. The van der Waals surface area contributed by atoms with E-state index in [-0.39, 0.29) is 17.3 Å². The van der Waals surface area contributed by atoms with Crippen molar-refractivity contribution in [2.24, 2.45) is 7.05 Å². The van der Waals surface area contributed by atoms with Gasteiger partial charge in [0.1, 0.15) is 0 Å². The van der Waals surface area contributed by atoms with Gasteiger partial charge in [-0.2, -0.15) is 0 Å². The molecular formula is C20H22N4O2S. The van der Waals surface area contributed by atoms with Crippen LogP contribution in [0.2, 0.25) is 0 Å². The molecule has 7 heteroatoms. The molecule has 3 aromatic rings. The maximum atomic E-state index is 12.6. The lowest BCUT2D eigenvalue weighted by Gasteiger charge is -2.04. The van der Waals surface area contributed by atoms with Crippen LogP contribution < -0.4 is 0 Å². The number of benzene rings is 1. The SMILES string of the molecule is CC(=O)c1c(C)[nH]c(C(=O)CSc2nnc(-c3cccc(C)c3)n2C)c1C. The zero-order valence-corrected chi connectivity index (χ0v) is 16.9. The Morgan fingerprint density at radius 1 is 1.19 bits per heavy atom. The molecule has 1 aromatic carbocycles. The van der Waals surface area contributed by atoms with Gasteiger partial charge in [-0.05, 0) is 39.3 Å². The van der Waals surface area contributed by atoms with E-state index in [0.717, 1.165) is 22.6 Å². The molecule has 27 heavy (non-hydrogen) atoms. The first kappa shape index (κ1) is 19.1. The summed E-state index contributed by atoms with van der Waals surface area (Å²) in [6.45, 7) is 7.16. The number of aromatic nitrogens is 4. The van der Waals surface area contributed by atoms with Crippen molar-refractivity contribution >= 4 is 23.3 Å². The number of hydrogen-bond donors (Lipinski definition) is 1. The Bertz CT molecular complexity index is 1030. The number of hydrogen-bond acceptors (Lipinski definition) is 5. The molecular weight excluding hydrogens is 360 g/mol. The monoisotopic (exact) mass is 382 g/mol. The van der Waals surface area contributed by atoms with Gasteiger partial charge in [0.2, 0.25) is 0 Å². The van der Waals surface area contributed by atoms with Crippen molar-refractivity contribution in [2.45, 2.75) is 32.9 Å². The van der Waals surface area contributed by atoms with E-state index in [9.17, 15) is 9.59 Å². The summed E-state index contributed by atoms with van der Waals surface area (Å²) in [6.07, 6.45) is 0. The number of carbonyl (C=O) groups is 2. The van der Waals surface area contributed by atoms with E-state index >= 15 is 0 Å². The highest BCUT2D eigenvalue weighted by molar-refractivity contribution is 7.99. The van der Waals surface area contributed by atoms with Crippen LogP contribution in [0.15, 0.2) is 29.4 Å². The summed E-state index contributed by atoms with van der Waals surface area (Å²) in [4.78, 5) is 27.4. The summed E-state index contributed by atoms with van der Waals surface area (Å²) < 4.78 is 1.89. The lowest BCUT2D eigenvalue weighted by molar-refractivity contribution is 0.101. The maximum absolute atomic E-state index is 12.6. The number of aryl methyl sites for hydroxylation is 2. The van der Waals surface area contributed by atoms with E-state index < -0.39 is 0 Å². The molecule has 0 unspecified atom stereocenters. The molecule has 0 spiro atoms. The topological polar surface area (TPSA) is 80.6 Å². The number of Topliss-reactive ketones (excluding diaryl/α,β-unsaturated/α-hetero) is 2. The van der Waals surface area contributed by atoms with Crippen molar-refractivity contribution in [3.8, 4) is 11.4 Å². The summed E-state index contributed by atoms with van der Waals surface area (Å²) in [5.41, 5.74) is 4.68. The first-order chi connectivity index (χ1) is 12.8. The number of H-pyrrole nitrogens is 1. The lowest BCUT2D eigenvalue weighted by atomic mass is 10.1. The fraction of sp³-hybridized carbons (Fsp3) is 0.300. The summed E-state index contributed by atoms with van der Waals surface area (Å²) in [5, 5.41) is 9.16. The van der Waals surface area contributed by atoms with Gasteiger partial charge in [-0.1, -0.05) is 35.5 Å². The highest BCUT2D eigenvalue weighted by atomic mass is 32.2. The Labute approximate surface area is 162 Å². The van der Waals surface area contributed by atoms with Gasteiger partial charge in [0.05, 0.1) is 11.4 Å². The second-order valence-corrected chi connectivity index (χ2v) is 7.57. The minimum atomic E-state index is -0.0618. The quantitative estimate of drug-likeness (QED) is 0.516. The summed E-state index contributed by atoms with van der Waals surface area (Å²) >= 11 is 1.34. The molecule has 0 aliphatic heterocycles. The van der Waals surface area contributed by atoms with Crippen LogP contribution in [0.5, 0.6) is 0 Å². The molecule has 0 saturated heterocycles. The molecule has 140 valence electrons. The third kappa shape index (κ3) is 3.73. The van der Waals surface area contributed by atoms with Crippen LogP contribution >= 0.6 is 11.8 Å². The van der Waals surface area contributed by atoms with Gasteiger partial charge in [-0.15, -0.1) is 10.2 Å². The molecule has 0 radical (unpaired) electrons. The van der Waals surface area contributed by atoms with E-state index in [4.69, 9.17) is 0 Å². The van der Waals surface area contributed by atoms with Crippen molar-refractivity contribution < 1.29 is 9.59 Å². The van der Waals surface area contributed by atoms with Gasteiger partial charge in [-0.25, -0.2) is 0 Å². The van der Waals surface area contributed by atoms with Crippen molar-refractivity contribution in [1.82, 2.24) is 19.7 Å². The molecule has 0 aliphatic carbocycles. The zero-order valence-electron chi connectivity index (χ0n) is 16.1. The second kappa shape index (κ2) is 7.52. The second-order valence-electron chi connectivity index (χ2n) is 6.63. The molecule has 0 bridgehead atoms. The van der Waals surface area contributed by atoms with Gasteiger partial charge in [0.15, 0.2) is 22.5 Å². The molecule has 0 atom stereocenters. The van der Waals surface area contributed by atoms with Crippen LogP contribution in [0.1, 0.15) is 44.6 Å². The average Bonchev–Trinajstić information content (AvgIpc) is 3.12. The van der Waals surface area contributed by atoms with Crippen molar-refractivity contribution in [1.29, 1.82) is 0 Å². The first-order valence-corrected chi connectivity index (χ1v) is 9.60. The summed E-state index contributed by atoms with van der Waals surface area (Å²) in [7, 11) is 1.89. The largest absolute Gasteiger partial charge is 0.355 e. The fourth-order valence-corrected chi connectivity index (χ4v) is 4.02. The molecule has 2 aromatic heterocycles. The highest BCUT2D eigenvalue weighted by Crippen LogP contribution is 2.25. The minimum Gasteiger partial charge on any atom is -0.355 e. The third-order valence-electron chi connectivity index (χ3n) is 4.51. The highest BCUT2D eigenvalue weighted by Gasteiger charge is 2.21. The minimum absolute atomic E-state index is 0.0379. The molecule has 0 saturated carbocycles. The van der Waals surface area contributed by atoms with Gasteiger partial charge in [0.25, 0.3) is 0 Å². The molecule has 2 heterocycles. The smallest absolute Gasteiger partial charge is 0.191 e. The molecule has 3 rings (SSSR count). The molecule has 6 nitrogen and oxygen atoms in total. The number of aromatic amines is 1. The number of nitrogens with zero attached hydrogens (tertiary/aromatic N) is 3. The normalized spacial score (nSPS) is 11.0. The van der Waals surface area contributed by atoms with Crippen LogP contribution in [0.25, 0.3) is 11.4 Å². The fourth-order valence-electron chi connectivity index (χ4n) is 3.24. The van der Waals surface area contributed by atoms with E-state index in [2.05, 4.69) is 21.2 Å². The van der Waals surface area contributed by atoms with E-state index in [1.165, 1.54) is 18.7 Å². The molecule has 0 fully saturated rings. The van der Waals surface area contributed by atoms with Crippen molar-refractivity contribution in [3.63, 3.8) is 0 Å². The van der Waals surface area contributed by atoms with Crippen LogP contribution in [0.4, 0.5) is 0 Å². The van der Waals surface area contributed by atoms with Gasteiger partial charge >= 0.3 is 0 Å². The molecule has 1 N–H and O–H groups in total. The van der Waals surface area contributed by atoms with Crippen LogP contribution in [0, 0.1) is 20.8 Å². The van der Waals surface area contributed by atoms with Crippen LogP contribution in [-0.2, 0) is 7.05 Å². The van der Waals surface area contributed by atoms with E-state index in [0.29, 0.717) is 22.0 Å². The average molecular weight is 382 g/mol. The lowest BCUT2D eigenvalue weighted by Crippen LogP contribution is -2.06. The van der Waals surface area contributed by atoms with Gasteiger partial charge in [0, 0.05) is 23.9 Å². The van der Waals surface area contributed by atoms with Crippen LogP contribution in [0.3, 0.4) is 0 Å². The summed E-state index contributed by atoms with van der Waals surface area (Å²) in [5.74, 6) is 0.884. The standard InChI is InChI=1S/C20H22N4O2S/c1-11-7-6-8-15(9-11)19-22-23-20(24(19)5)27-10-16(26)18-12(2)17(14(4)25)13(3)21-18/h6-9,21H,10H2,1-5H3. The number of carbonyl (C=O) groups excluding carboxylic acids is 2. The predicted molar refractivity (Wildman–Crippen MR) is 107 cm³/mol. The van der Waals surface area contributed by atoms with Gasteiger partial charge < -0.3 is 9.55 Å². The van der Waals surface area contributed by atoms with Gasteiger partial charge in [-0.3, -0.25) is 9.59 Å². The first-order valence-electron chi connectivity index (χ1n) is 8.62. The maximum Gasteiger partial charge on any atom is 0.191 e. The number of nitrogens with one attached hydrogen (secondary N) is 1. The van der Waals surface area contributed by atoms with E-state index in [1.54, 1.807) is 6.92 Å². The third-order valence-corrected chi connectivity index (χ3v) is 5.53. The van der Waals surface area contributed by atoms with Crippen molar-refractivity contribution in [2.75, 3.05) is 5.75 Å². The van der Waals surface area contributed by atoms with E-state index in [1.807, 2.05) is 43.7 Å². The molecule has 0 aliphatic rings. The Hall–Kier alpha value is -2.67. The number of rotatable bonds is 6. The Morgan fingerprint density at radius 3 is 2.56 bits per heavy atom. The summed E-state index contributed by atoms with van der Waals surface area (Å²) in [6, 6.07) is 8.06. The Morgan fingerprint density at radius 2 is 1.93 bits per heavy atom. The zero-order chi connectivity index (χ0) is 19.7. The van der Waals surface area contributed by atoms with Crippen LogP contribution in [-0.4, -0.2) is 37.1 Å². The number of ketones is 2. The number of thioether (sulfide) groups is 1. The predicted octanol–water partition coefficient (Wildman–Crippen LogP) is 3.91. The Balaban J connectivity index is 1.77. The Kier molecular flexibility index (Phi) is 5.32. The van der Waals surface area contributed by atoms with Crippen molar-refractivity contribution in [3.05, 3.63) is 52.3 Å².